The Morgan fingerprint density at radius 1 is 1.35 bits per heavy atom. The van der Waals surface area contributed by atoms with E-state index >= 15 is 0 Å². The third kappa shape index (κ3) is 4.46. The number of hydrogen-bond acceptors (Lipinski definition) is 2. The van der Waals surface area contributed by atoms with Crippen LogP contribution in [0, 0.1) is 0 Å². The van der Waals surface area contributed by atoms with Gasteiger partial charge in [-0.25, -0.2) is 0 Å². The molecule has 1 aromatic rings. The average Bonchev–Trinajstić information content (AvgIpc) is 2.15. The molecule has 1 rings (SSSR count). The van der Waals surface area contributed by atoms with Gasteiger partial charge >= 0.3 is 12.1 Å². The highest BCUT2D eigenvalue weighted by atomic mass is 19.4. The van der Waals surface area contributed by atoms with Gasteiger partial charge in [-0.2, -0.15) is 13.2 Å². The monoisotopic (exact) mass is 246 g/mol. The van der Waals surface area contributed by atoms with Crippen LogP contribution in [-0.4, -0.2) is 12.1 Å². The Balaban J connectivity index is 2.76. The van der Waals surface area contributed by atoms with Gasteiger partial charge in [0, 0.05) is 0 Å². The van der Waals surface area contributed by atoms with Gasteiger partial charge in [-0.3, -0.25) is 4.79 Å². The van der Waals surface area contributed by atoms with Crippen LogP contribution < -0.4 is 0 Å². The zero-order valence-electron chi connectivity index (χ0n) is 9.54. The first-order chi connectivity index (χ1) is 7.79. The lowest BCUT2D eigenvalue weighted by atomic mass is 10.1. The van der Waals surface area contributed by atoms with Crippen molar-refractivity contribution in [2.24, 2.45) is 0 Å². The van der Waals surface area contributed by atoms with Gasteiger partial charge in [0.15, 0.2) is 0 Å². The van der Waals surface area contributed by atoms with Crippen LogP contribution in [0.15, 0.2) is 24.3 Å². The molecule has 0 unspecified atom stereocenters. The third-order valence-corrected chi connectivity index (χ3v) is 1.97. The minimum atomic E-state index is -4.39. The lowest BCUT2D eigenvalue weighted by molar-refractivity contribution is -0.146. The van der Waals surface area contributed by atoms with Gasteiger partial charge < -0.3 is 4.74 Å². The van der Waals surface area contributed by atoms with Crippen molar-refractivity contribution in [2.45, 2.75) is 32.5 Å². The van der Waals surface area contributed by atoms with Crippen molar-refractivity contribution >= 4 is 5.97 Å². The zero-order chi connectivity index (χ0) is 13.1. The van der Waals surface area contributed by atoms with Crippen molar-refractivity contribution < 1.29 is 22.7 Å². The number of carbonyl (C=O) groups is 1. The number of ether oxygens (including phenoxy) is 1. The summed E-state index contributed by atoms with van der Waals surface area (Å²) in [6, 6.07) is 4.68. The molecule has 0 aromatic heterocycles. The van der Waals surface area contributed by atoms with Crippen LogP contribution in [0.5, 0.6) is 0 Å². The Morgan fingerprint density at radius 2 is 2.00 bits per heavy atom. The molecule has 0 aliphatic rings. The number of hydrogen-bond donors (Lipinski definition) is 0. The Hall–Kier alpha value is -1.52. The number of halogens is 3. The minimum absolute atomic E-state index is 0.151. The molecule has 5 heteroatoms. The van der Waals surface area contributed by atoms with Crippen molar-refractivity contribution in [2.75, 3.05) is 0 Å². The summed E-state index contributed by atoms with van der Waals surface area (Å²) in [6.45, 7) is 3.37. The molecule has 0 saturated heterocycles. The van der Waals surface area contributed by atoms with Gasteiger partial charge in [-0.15, -0.1) is 0 Å². The van der Waals surface area contributed by atoms with E-state index in [1.54, 1.807) is 13.8 Å². The van der Waals surface area contributed by atoms with Crippen molar-refractivity contribution in [1.29, 1.82) is 0 Å². The van der Waals surface area contributed by atoms with Crippen LogP contribution in [0.2, 0.25) is 0 Å². The number of esters is 1. The molecule has 0 bridgehead atoms. The number of rotatable bonds is 3. The van der Waals surface area contributed by atoms with Gasteiger partial charge in [0.25, 0.3) is 0 Å². The predicted molar refractivity (Wildman–Crippen MR) is 56.4 cm³/mol. The molecule has 0 fully saturated rings. The van der Waals surface area contributed by atoms with Crippen LogP contribution in [0.3, 0.4) is 0 Å². The highest BCUT2D eigenvalue weighted by molar-refractivity contribution is 5.72. The van der Waals surface area contributed by atoms with Crippen molar-refractivity contribution in [1.82, 2.24) is 0 Å². The van der Waals surface area contributed by atoms with Gasteiger partial charge in [0.1, 0.15) is 0 Å². The molecule has 0 heterocycles. The molecule has 17 heavy (non-hydrogen) atoms. The van der Waals surface area contributed by atoms with E-state index in [1.807, 2.05) is 0 Å². The summed E-state index contributed by atoms with van der Waals surface area (Å²) in [5.74, 6) is -0.528. The van der Waals surface area contributed by atoms with Crippen LogP contribution in [0.25, 0.3) is 0 Å². The summed E-state index contributed by atoms with van der Waals surface area (Å²) in [6.07, 6.45) is -4.81. The maximum atomic E-state index is 12.4. The molecule has 0 radical (unpaired) electrons. The first-order valence-corrected chi connectivity index (χ1v) is 5.14. The highest BCUT2D eigenvalue weighted by Crippen LogP contribution is 2.29. The van der Waals surface area contributed by atoms with Gasteiger partial charge in [0.2, 0.25) is 0 Å². The van der Waals surface area contributed by atoms with E-state index in [0.717, 1.165) is 12.1 Å². The molecular formula is C12H13F3O2. The highest BCUT2D eigenvalue weighted by Gasteiger charge is 2.30. The number of carbonyl (C=O) groups excluding carboxylic acids is 1. The number of benzene rings is 1. The van der Waals surface area contributed by atoms with Crippen LogP contribution >= 0.6 is 0 Å². The quantitative estimate of drug-likeness (QED) is 0.765. The van der Waals surface area contributed by atoms with E-state index in [9.17, 15) is 18.0 Å². The zero-order valence-corrected chi connectivity index (χ0v) is 9.54. The molecule has 0 aliphatic heterocycles. The van der Waals surface area contributed by atoms with Gasteiger partial charge in [-0.05, 0) is 25.5 Å². The number of alkyl halides is 3. The van der Waals surface area contributed by atoms with Crippen molar-refractivity contribution in [3.8, 4) is 0 Å². The Morgan fingerprint density at radius 3 is 2.53 bits per heavy atom. The van der Waals surface area contributed by atoms with E-state index < -0.39 is 17.7 Å². The fourth-order valence-electron chi connectivity index (χ4n) is 1.33. The second kappa shape index (κ2) is 5.21. The van der Waals surface area contributed by atoms with E-state index in [-0.39, 0.29) is 12.5 Å². The van der Waals surface area contributed by atoms with E-state index in [1.165, 1.54) is 12.1 Å². The summed E-state index contributed by atoms with van der Waals surface area (Å²) in [5.41, 5.74) is -0.460. The van der Waals surface area contributed by atoms with Crippen LogP contribution in [0.4, 0.5) is 13.2 Å². The normalized spacial score (nSPS) is 11.6. The molecule has 1 aromatic carbocycles. The fourth-order valence-corrected chi connectivity index (χ4v) is 1.33. The maximum absolute atomic E-state index is 12.4. The van der Waals surface area contributed by atoms with E-state index in [2.05, 4.69) is 0 Å². The maximum Gasteiger partial charge on any atom is 0.416 e. The first-order valence-electron chi connectivity index (χ1n) is 5.14. The first kappa shape index (κ1) is 13.5. The molecule has 2 nitrogen and oxygen atoms in total. The molecule has 0 saturated carbocycles. The van der Waals surface area contributed by atoms with Gasteiger partial charge in [0.05, 0.1) is 18.1 Å². The van der Waals surface area contributed by atoms with Crippen molar-refractivity contribution in [3.63, 3.8) is 0 Å². The van der Waals surface area contributed by atoms with Crippen LogP contribution in [-0.2, 0) is 22.1 Å². The molecule has 0 aliphatic carbocycles. The van der Waals surface area contributed by atoms with E-state index in [4.69, 9.17) is 4.74 Å². The summed E-state index contributed by atoms with van der Waals surface area (Å²) < 4.78 is 42.1. The van der Waals surface area contributed by atoms with Crippen molar-refractivity contribution in [3.05, 3.63) is 35.4 Å². The third-order valence-electron chi connectivity index (χ3n) is 1.97. The molecule has 0 atom stereocenters. The molecule has 94 valence electrons. The lowest BCUT2D eigenvalue weighted by Crippen LogP contribution is -2.14. The summed E-state index contributed by atoms with van der Waals surface area (Å²) in [7, 11) is 0. The Bertz CT molecular complexity index is 397. The smallest absolute Gasteiger partial charge is 0.416 e. The second-order valence-electron chi connectivity index (χ2n) is 3.91. The minimum Gasteiger partial charge on any atom is -0.463 e. The Labute approximate surface area is 97.4 Å². The standard InChI is InChI=1S/C12H13F3O2/c1-8(2)17-11(16)7-9-4-3-5-10(6-9)12(13,14)15/h3-6,8H,7H2,1-2H3. The molecular weight excluding hydrogens is 233 g/mol. The summed E-state index contributed by atoms with van der Waals surface area (Å²) in [5, 5.41) is 0. The predicted octanol–water partition coefficient (Wildman–Crippen LogP) is 3.20. The van der Waals surface area contributed by atoms with Gasteiger partial charge in [-0.1, -0.05) is 18.2 Å². The van der Waals surface area contributed by atoms with E-state index in [0.29, 0.717) is 5.56 Å². The average molecular weight is 246 g/mol. The molecule has 0 spiro atoms. The SMILES string of the molecule is CC(C)OC(=O)Cc1cccc(C(F)(F)F)c1. The fraction of sp³-hybridized carbons (Fsp3) is 0.417. The molecule has 0 amide bonds. The second-order valence-corrected chi connectivity index (χ2v) is 3.91. The molecule has 0 N–H and O–H groups in total. The summed E-state index contributed by atoms with van der Waals surface area (Å²) >= 11 is 0. The van der Waals surface area contributed by atoms with Crippen LogP contribution in [0.1, 0.15) is 25.0 Å². The summed E-state index contributed by atoms with van der Waals surface area (Å²) in [4.78, 5) is 11.3. The largest absolute Gasteiger partial charge is 0.463 e. The topological polar surface area (TPSA) is 26.3 Å². The lowest BCUT2D eigenvalue weighted by Gasteiger charge is -2.10. The Kier molecular flexibility index (Phi) is 4.15.